The Morgan fingerprint density at radius 1 is 1.53 bits per heavy atom. The lowest BCUT2D eigenvalue weighted by molar-refractivity contribution is 0.414. The van der Waals surface area contributed by atoms with Crippen LogP contribution in [-0.4, -0.2) is 20.2 Å². The third-order valence-electron chi connectivity index (χ3n) is 3.02. The Labute approximate surface area is 90.6 Å². The van der Waals surface area contributed by atoms with E-state index in [9.17, 15) is 0 Å². The Balaban J connectivity index is 2.27. The van der Waals surface area contributed by atoms with Crippen molar-refractivity contribution in [3.63, 3.8) is 0 Å². The molecule has 1 heterocycles. The largest absolute Gasteiger partial charge is 0.497 e. The first-order valence-corrected chi connectivity index (χ1v) is 5.44. The average Bonchev–Trinajstić information content (AvgIpc) is 2.49. The smallest absolute Gasteiger partial charge is 0.119 e. The van der Waals surface area contributed by atoms with Crippen molar-refractivity contribution in [2.75, 3.05) is 25.5 Å². The lowest BCUT2D eigenvalue weighted by atomic mass is 9.97. The summed E-state index contributed by atoms with van der Waals surface area (Å²) >= 11 is 0. The predicted molar refractivity (Wildman–Crippen MR) is 62.3 cm³/mol. The minimum absolute atomic E-state index is 0.589. The number of ether oxygens (including phenoxy) is 1. The molecule has 0 fully saturated rings. The number of rotatable bonds is 2. The second kappa shape index (κ2) is 4.53. The number of methoxy groups -OCH3 is 1. The maximum absolute atomic E-state index is 5.74. The molecule has 0 radical (unpaired) electrons. The van der Waals surface area contributed by atoms with Crippen LogP contribution >= 0.6 is 0 Å². The van der Waals surface area contributed by atoms with Crippen LogP contribution in [0.15, 0.2) is 18.2 Å². The van der Waals surface area contributed by atoms with Crippen molar-refractivity contribution in [3.05, 3.63) is 23.8 Å². The van der Waals surface area contributed by atoms with Crippen LogP contribution in [0.4, 0.5) is 5.69 Å². The highest BCUT2D eigenvalue weighted by atomic mass is 16.5. The summed E-state index contributed by atoms with van der Waals surface area (Å²) in [5.41, 5.74) is 8.29. The van der Waals surface area contributed by atoms with Crippen LogP contribution in [0.25, 0.3) is 0 Å². The second-order valence-corrected chi connectivity index (χ2v) is 4.04. The fourth-order valence-electron chi connectivity index (χ4n) is 2.06. The van der Waals surface area contributed by atoms with E-state index in [4.69, 9.17) is 10.5 Å². The van der Waals surface area contributed by atoms with Gasteiger partial charge in [-0.3, -0.25) is 0 Å². The number of fused-ring (bicyclic) bond motifs is 1. The van der Waals surface area contributed by atoms with Gasteiger partial charge >= 0.3 is 0 Å². The molecule has 2 rings (SSSR count). The number of anilines is 1. The summed E-state index contributed by atoms with van der Waals surface area (Å²) in [7, 11) is 1.70. The number of benzene rings is 1. The second-order valence-electron chi connectivity index (χ2n) is 4.04. The van der Waals surface area contributed by atoms with Gasteiger partial charge in [0.05, 0.1) is 7.11 Å². The maximum atomic E-state index is 5.74. The van der Waals surface area contributed by atoms with Crippen molar-refractivity contribution in [2.45, 2.75) is 12.8 Å². The number of hydrogen-bond donors (Lipinski definition) is 2. The van der Waals surface area contributed by atoms with Crippen LogP contribution in [0.3, 0.4) is 0 Å². The van der Waals surface area contributed by atoms with E-state index in [1.54, 1.807) is 7.11 Å². The van der Waals surface area contributed by atoms with E-state index in [1.807, 2.05) is 6.07 Å². The van der Waals surface area contributed by atoms with Crippen LogP contribution in [0.1, 0.15) is 12.0 Å². The minimum atomic E-state index is 0.589. The van der Waals surface area contributed by atoms with Crippen molar-refractivity contribution >= 4 is 5.69 Å². The highest BCUT2D eigenvalue weighted by molar-refractivity contribution is 5.55. The van der Waals surface area contributed by atoms with E-state index in [0.29, 0.717) is 5.92 Å². The van der Waals surface area contributed by atoms with Crippen molar-refractivity contribution in [1.29, 1.82) is 0 Å². The van der Waals surface area contributed by atoms with E-state index < -0.39 is 0 Å². The molecular weight excluding hydrogens is 188 g/mol. The molecule has 3 N–H and O–H groups in total. The number of nitrogens with two attached hydrogens (primary N) is 1. The maximum Gasteiger partial charge on any atom is 0.119 e. The standard InChI is InChI=1S/C12H18N2O/c1-15-11-2-3-12-10(7-11)6-9(8-13)4-5-14-12/h2-3,7,9,14H,4-6,8,13H2,1H3. The predicted octanol–water partition coefficient (Wildman–Crippen LogP) is 1.63. The lowest BCUT2D eigenvalue weighted by Gasteiger charge is -2.11. The normalized spacial score (nSPS) is 20.0. The highest BCUT2D eigenvalue weighted by Crippen LogP contribution is 2.27. The summed E-state index contributed by atoms with van der Waals surface area (Å²) in [4.78, 5) is 0. The van der Waals surface area contributed by atoms with Gasteiger partial charge in [-0.15, -0.1) is 0 Å². The van der Waals surface area contributed by atoms with Gasteiger partial charge in [0.25, 0.3) is 0 Å². The zero-order valence-corrected chi connectivity index (χ0v) is 9.12. The van der Waals surface area contributed by atoms with E-state index in [1.165, 1.54) is 11.3 Å². The van der Waals surface area contributed by atoms with Gasteiger partial charge in [0.1, 0.15) is 5.75 Å². The monoisotopic (exact) mass is 206 g/mol. The third kappa shape index (κ3) is 2.23. The van der Waals surface area contributed by atoms with E-state index in [0.717, 1.165) is 31.7 Å². The molecule has 3 heteroatoms. The molecule has 1 atom stereocenters. The Kier molecular flexibility index (Phi) is 3.11. The highest BCUT2D eigenvalue weighted by Gasteiger charge is 2.15. The molecule has 82 valence electrons. The Hall–Kier alpha value is -1.22. The molecule has 1 unspecified atom stereocenters. The number of nitrogens with one attached hydrogen (secondary N) is 1. The van der Waals surface area contributed by atoms with E-state index in [2.05, 4.69) is 17.4 Å². The molecule has 0 spiro atoms. The van der Waals surface area contributed by atoms with Gasteiger partial charge < -0.3 is 15.8 Å². The summed E-state index contributed by atoms with van der Waals surface area (Å²) in [6.45, 7) is 1.78. The minimum Gasteiger partial charge on any atom is -0.497 e. The van der Waals surface area contributed by atoms with Gasteiger partial charge in [-0.2, -0.15) is 0 Å². The van der Waals surface area contributed by atoms with Gasteiger partial charge in [-0.1, -0.05) is 0 Å². The first-order valence-electron chi connectivity index (χ1n) is 5.44. The summed E-state index contributed by atoms with van der Waals surface area (Å²) in [6.07, 6.45) is 2.20. The SMILES string of the molecule is COc1ccc2c(c1)CC(CN)CCN2. The fraction of sp³-hybridized carbons (Fsp3) is 0.500. The molecule has 3 nitrogen and oxygen atoms in total. The van der Waals surface area contributed by atoms with Crippen LogP contribution < -0.4 is 15.8 Å². The number of hydrogen-bond acceptors (Lipinski definition) is 3. The molecule has 1 aliphatic rings. The first-order chi connectivity index (χ1) is 7.33. The van der Waals surface area contributed by atoms with Gasteiger partial charge in [0.15, 0.2) is 0 Å². The molecule has 0 bridgehead atoms. The molecule has 0 aliphatic carbocycles. The molecule has 15 heavy (non-hydrogen) atoms. The quantitative estimate of drug-likeness (QED) is 0.773. The molecule has 1 aromatic carbocycles. The summed E-state index contributed by atoms with van der Waals surface area (Å²) in [5.74, 6) is 1.51. The molecule has 1 aliphatic heterocycles. The zero-order chi connectivity index (χ0) is 10.7. The Bertz CT molecular complexity index is 338. The van der Waals surface area contributed by atoms with Gasteiger partial charge in [-0.05, 0) is 49.1 Å². The Morgan fingerprint density at radius 3 is 3.13 bits per heavy atom. The van der Waals surface area contributed by atoms with Crippen LogP contribution in [0, 0.1) is 5.92 Å². The third-order valence-corrected chi connectivity index (χ3v) is 3.02. The molecule has 0 saturated heterocycles. The summed E-state index contributed by atoms with van der Waals surface area (Å²) in [6, 6.07) is 6.19. The molecule has 0 saturated carbocycles. The van der Waals surface area contributed by atoms with Crippen LogP contribution in [-0.2, 0) is 6.42 Å². The van der Waals surface area contributed by atoms with Crippen molar-refractivity contribution in [1.82, 2.24) is 0 Å². The molecule has 0 amide bonds. The van der Waals surface area contributed by atoms with Gasteiger partial charge in [-0.25, -0.2) is 0 Å². The van der Waals surface area contributed by atoms with Crippen molar-refractivity contribution in [2.24, 2.45) is 11.7 Å². The summed E-state index contributed by atoms with van der Waals surface area (Å²) in [5, 5.41) is 3.43. The van der Waals surface area contributed by atoms with E-state index in [-0.39, 0.29) is 0 Å². The van der Waals surface area contributed by atoms with Gasteiger partial charge in [0, 0.05) is 12.2 Å². The molecule has 0 aromatic heterocycles. The Morgan fingerprint density at radius 2 is 2.40 bits per heavy atom. The van der Waals surface area contributed by atoms with Crippen LogP contribution in [0.5, 0.6) is 5.75 Å². The van der Waals surface area contributed by atoms with Crippen molar-refractivity contribution < 1.29 is 4.74 Å². The van der Waals surface area contributed by atoms with E-state index >= 15 is 0 Å². The lowest BCUT2D eigenvalue weighted by Crippen LogP contribution is -2.17. The zero-order valence-electron chi connectivity index (χ0n) is 9.12. The molecule has 1 aromatic rings. The first kappa shape index (κ1) is 10.3. The van der Waals surface area contributed by atoms with Crippen LogP contribution in [0.2, 0.25) is 0 Å². The fourth-order valence-corrected chi connectivity index (χ4v) is 2.06. The van der Waals surface area contributed by atoms with Crippen molar-refractivity contribution in [3.8, 4) is 5.75 Å². The topological polar surface area (TPSA) is 47.3 Å². The molecular formula is C12H18N2O. The summed E-state index contributed by atoms with van der Waals surface area (Å²) < 4.78 is 5.23. The van der Waals surface area contributed by atoms with Gasteiger partial charge in [0.2, 0.25) is 0 Å². The average molecular weight is 206 g/mol.